The predicted molar refractivity (Wildman–Crippen MR) is 118 cm³/mol. The third kappa shape index (κ3) is 8.52. The Labute approximate surface area is 179 Å². The van der Waals surface area contributed by atoms with Crippen molar-refractivity contribution in [1.82, 2.24) is 5.32 Å². The summed E-state index contributed by atoms with van der Waals surface area (Å²) in [5.41, 5.74) is 1.52. The van der Waals surface area contributed by atoms with Crippen LogP contribution in [0.1, 0.15) is 31.9 Å². The minimum atomic E-state index is -0.590. The summed E-state index contributed by atoms with van der Waals surface area (Å²) in [5, 5.41) is 2.90. The SMILES string of the molecule is COC(=O)[C@@H](/C=C/[C@H](Cc1ccccc1)NC(=O)OC(C)(C)C)Cc1ccccc1. The Hall–Kier alpha value is -3.08. The van der Waals surface area contributed by atoms with E-state index in [1.807, 2.05) is 93.6 Å². The third-order valence-corrected chi connectivity index (χ3v) is 4.38. The monoisotopic (exact) mass is 409 g/mol. The molecule has 0 heterocycles. The van der Waals surface area contributed by atoms with Crippen LogP contribution in [-0.4, -0.2) is 30.8 Å². The number of hydrogen-bond acceptors (Lipinski definition) is 4. The van der Waals surface area contributed by atoms with Gasteiger partial charge < -0.3 is 14.8 Å². The lowest BCUT2D eigenvalue weighted by Crippen LogP contribution is -2.39. The van der Waals surface area contributed by atoms with Crippen molar-refractivity contribution < 1.29 is 19.1 Å². The number of nitrogens with one attached hydrogen (secondary N) is 1. The van der Waals surface area contributed by atoms with Gasteiger partial charge in [-0.05, 0) is 44.7 Å². The molecular formula is C25H31NO4. The number of hydrogen-bond donors (Lipinski definition) is 1. The number of amides is 1. The molecule has 1 amide bonds. The molecule has 0 saturated carbocycles. The molecule has 0 fully saturated rings. The van der Waals surface area contributed by atoms with E-state index in [9.17, 15) is 9.59 Å². The Morgan fingerprint density at radius 3 is 1.93 bits per heavy atom. The Kier molecular flexibility index (Phi) is 8.66. The molecule has 0 aliphatic carbocycles. The summed E-state index contributed by atoms with van der Waals surface area (Å²) in [4.78, 5) is 24.6. The van der Waals surface area contributed by atoms with E-state index < -0.39 is 17.6 Å². The molecule has 0 spiro atoms. The van der Waals surface area contributed by atoms with E-state index in [4.69, 9.17) is 9.47 Å². The number of alkyl carbamates (subject to hydrolysis) is 1. The second-order valence-corrected chi connectivity index (χ2v) is 8.15. The van der Waals surface area contributed by atoms with Crippen LogP contribution in [0.2, 0.25) is 0 Å². The van der Waals surface area contributed by atoms with Crippen LogP contribution < -0.4 is 5.32 Å². The highest BCUT2D eigenvalue weighted by Crippen LogP contribution is 2.14. The van der Waals surface area contributed by atoms with Gasteiger partial charge in [-0.1, -0.05) is 72.8 Å². The van der Waals surface area contributed by atoms with E-state index >= 15 is 0 Å². The summed E-state index contributed by atoms with van der Waals surface area (Å²) in [6.45, 7) is 5.46. The Morgan fingerprint density at radius 1 is 0.900 bits per heavy atom. The van der Waals surface area contributed by atoms with Crippen molar-refractivity contribution in [3.63, 3.8) is 0 Å². The Morgan fingerprint density at radius 2 is 1.43 bits per heavy atom. The average Bonchev–Trinajstić information content (AvgIpc) is 2.70. The summed E-state index contributed by atoms with van der Waals surface area (Å²) < 4.78 is 10.4. The molecule has 2 rings (SSSR count). The second-order valence-electron chi connectivity index (χ2n) is 8.15. The summed E-state index contributed by atoms with van der Waals surface area (Å²) in [7, 11) is 1.38. The van der Waals surface area contributed by atoms with Crippen LogP contribution >= 0.6 is 0 Å². The minimum Gasteiger partial charge on any atom is -0.469 e. The smallest absolute Gasteiger partial charge is 0.408 e. The molecule has 0 aliphatic heterocycles. The zero-order valence-electron chi connectivity index (χ0n) is 18.1. The van der Waals surface area contributed by atoms with Gasteiger partial charge >= 0.3 is 12.1 Å². The summed E-state index contributed by atoms with van der Waals surface area (Å²) >= 11 is 0. The van der Waals surface area contributed by atoms with E-state index in [2.05, 4.69) is 5.32 Å². The molecule has 0 bridgehead atoms. The van der Waals surface area contributed by atoms with Crippen LogP contribution in [0, 0.1) is 5.92 Å². The normalized spacial score (nSPS) is 13.5. The highest BCUT2D eigenvalue weighted by molar-refractivity contribution is 5.75. The highest BCUT2D eigenvalue weighted by atomic mass is 16.6. The first-order chi connectivity index (χ1) is 14.3. The van der Waals surface area contributed by atoms with Gasteiger partial charge in [-0.15, -0.1) is 0 Å². The quantitative estimate of drug-likeness (QED) is 0.507. The fraction of sp³-hybridized carbons (Fsp3) is 0.360. The number of rotatable bonds is 8. The Bertz CT molecular complexity index is 825. The van der Waals surface area contributed by atoms with E-state index in [1.165, 1.54) is 7.11 Å². The zero-order chi connectivity index (χ0) is 22.0. The fourth-order valence-corrected chi connectivity index (χ4v) is 3.01. The number of esters is 1. The lowest BCUT2D eigenvalue weighted by Gasteiger charge is -2.22. The molecule has 1 N–H and O–H groups in total. The molecule has 0 saturated heterocycles. The molecule has 2 aromatic rings. The minimum absolute atomic E-state index is 0.314. The van der Waals surface area contributed by atoms with E-state index in [0.717, 1.165) is 11.1 Å². The van der Waals surface area contributed by atoms with Crippen LogP contribution in [0.25, 0.3) is 0 Å². The summed E-state index contributed by atoms with van der Waals surface area (Å²) in [6, 6.07) is 19.3. The topological polar surface area (TPSA) is 64.6 Å². The largest absolute Gasteiger partial charge is 0.469 e. The van der Waals surface area contributed by atoms with Crippen molar-refractivity contribution in [3.05, 3.63) is 83.9 Å². The van der Waals surface area contributed by atoms with Crippen LogP contribution in [-0.2, 0) is 27.1 Å². The molecule has 5 nitrogen and oxygen atoms in total. The van der Waals surface area contributed by atoms with Gasteiger partial charge in [0.2, 0.25) is 0 Å². The van der Waals surface area contributed by atoms with Crippen LogP contribution in [0.15, 0.2) is 72.8 Å². The molecule has 5 heteroatoms. The second kappa shape index (κ2) is 11.2. The van der Waals surface area contributed by atoms with E-state index in [1.54, 1.807) is 0 Å². The van der Waals surface area contributed by atoms with Crippen LogP contribution in [0.4, 0.5) is 4.79 Å². The van der Waals surface area contributed by atoms with Gasteiger partial charge in [0.1, 0.15) is 5.60 Å². The first kappa shape index (κ1) is 23.2. The van der Waals surface area contributed by atoms with Gasteiger partial charge in [-0.2, -0.15) is 0 Å². The maximum atomic E-state index is 12.3. The molecule has 30 heavy (non-hydrogen) atoms. The predicted octanol–water partition coefficient (Wildman–Crippen LogP) is 4.71. The maximum absolute atomic E-state index is 12.3. The molecular weight excluding hydrogens is 378 g/mol. The van der Waals surface area contributed by atoms with Gasteiger partial charge in [-0.3, -0.25) is 4.79 Å². The molecule has 0 aliphatic rings. The van der Waals surface area contributed by atoms with Crippen molar-refractivity contribution in [1.29, 1.82) is 0 Å². The number of carbonyl (C=O) groups excluding carboxylic acids is 2. The van der Waals surface area contributed by atoms with Gasteiger partial charge in [0.05, 0.1) is 19.1 Å². The molecule has 0 unspecified atom stereocenters. The van der Waals surface area contributed by atoms with Crippen molar-refractivity contribution in [2.45, 2.75) is 45.3 Å². The first-order valence-corrected chi connectivity index (χ1v) is 10.1. The summed E-state index contributed by atoms with van der Waals surface area (Å²) in [6.07, 6.45) is 4.26. The van der Waals surface area contributed by atoms with Gasteiger partial charge in [0, 0.05) is 0 Å². The number of benzene rings is 2. The lowest BCUT2D eigenvalue weighted by molar-refractivity contribution is -0.143. The first-order valence-electron chi connectivity index (χ1n) is 10.1. The van der Waals surface area contributed by atoms with Crippen molar-refractivity contribution >= 4 is 12.1 Å². The number of ether oxygens (including phenoxy) is 2. The number of carbonyl (C=O) groups is 2. The standard InChI is InChI=1S/C25H31NO4/c1-25(2,3)30-24(28)26-22(18-20-13-9-6-10-14-20)16-15-21(23(27)29-4)17-19-11-7-5-8-12-19/h5-16,21-22H,17-18H2,1-4H3,(H,26,28)/b16-15+/t21-,22+/m0/s1. The molecule has 0 aromatic heterocycles. The average molecular weight is 410 g/mol. The van der Waals surface area contributed by atoms with Crippen molar-refractivity contribution in [3.8, 4) is 0 Å². The van der Waals surface area contributed by atoms with Gasteiger partial charge in [0.15, 0.2) is 0 Å². The summed E-state index contributed by atoms with van der Waals surface area (Å²) in [5.74, 6) is -0.762. The van der Waals surface area contributed by atoms with Crippen molar-refractivity contribution in [2.24, 2.45) is 5.92 Å². The highest BCUT2D eigenvalue weighted by Gasteiger charge is 2.21. The number of methoxy groups -OCH3 is 1. The van der Waals surface area contributed by atoms with Crippen molar-refractivity contribution in [2.75, 3.05) is 7.11 Å². The Balaban J connectivity index is 2.18. The molecule has 0 radical (unpaired) electrons. The van der Waals surface area contributed by atoms with Crippen LogP contribution in [0.5, 0.6) is 0 Å². The van der Waals surface area contributed by atoms with E-state index in [0.29, 0.717) is 12.8 Å². The third-order valence-electron chi connectivity index (χ3n) is 4.38. The molecule has 2 aromatic carbocycles. The fourth-order valence-electron chi connectivity index (χ4n) is 3.01. The van der Waals surface area contributed by atoms with Gasteiger partial charge in [-0.25, -0.2) is 4.79 Å². The molecule has 160 valence electrons. The maximum Gasteiger partial charge on any atom is 0.408 e. The van der Waals surface area contributed by atoms with Gasteiger partial charge in [0.25, 0.3) is 0 Å². The zero-order valence-corrected chi connectivity index (χ0v) is 18.1. The van der Waals surface area contributed by atoms with Crippen LogP contribution in [0.3, 0.4) is 0 Å². The lowest BCUT2D eigenvalue weighted by atomic mass is 9.97. The van der Waals surface area contributed by atoms with E-state index in [-0.39, 0.29) is 12.0 Å². The molecule has 2 atom stereocenters.